The lowest BCUT2D eigenvalue weighted by Crippen LogP contribution is -2.36. The summed E-state index contributed by atoms with van der Waals surface area (Å²) in [7, 11) is -15.3. The number of nitrogens with one attached hydrogen (secondary N) is 1. The quantitative estimate of drug-likeness (QED) is 0.0312. The summed E-state index contributed by atoms with van der Waals surface area (Å²) in [4.78, 5) is 13.1. The molecule has 1 amide bonds. The van der Waals surface area contributed by atoms with Gasteiger partial charge in [-0.15, -0.1) is 0 Å². The Morgan fingerprint density at radius 1 is 0.553 bits per heavy atom. The van der Waals surface area contributed by atoms with Crippen LogP contribution in [0.3, 0.4) is 0 Å². The molecular formula is C58H79NO22S4. The Balaban J connectivity index is 0.979. The first kappa shape index (κ1) is 67.5. The maximum Gasteiger partial charge on any atom is 0.421 e. The molecular weight excluding hydrogens is 1190 g/mol. The molecule has 0 radical (unpaired) electrons. The van der Waals surface area contributed by atoms with E-state index in [1.54, 1.807) is 19.1 Å². The maximum absolute atomic E-state index is 13.4. The molecule has 3 aliphatic heterocycles. The van der Waals surface area contributed by atoms with Gasteiger partial charge in [0.05, 0.1) is 91.7 Å². The van der Waals surface area contributed by atoms with E-state index in [2.05, 4.69) is 0 Å². The Morgan fingerprint density at radius 3 is 1.49 bits per heavy atom. The van der Waals surface area contributed by atoms with Gasteiger partial charge in [-0.1, -0.05) is 17.7 Å². The third-order valence-corrected chi connectivity index (χ3v) is 19.8. The lowest BCUT2D eigenvalue weighted by Gasteiger charge is -2.37. The Bertz CT molecular complexity index is 3360. The van der Waals surface area contributed by atoms with Gasteiger partial charge in [0.15, 0.2) is 48.4 Å². The molecule has 12 atom stereocenters. The SMILES string of the molecule is Cc1ccc(S(=O)(=O)NC(=O)OC(CCCC2CC(CCCC(O)CC3CCOC(c4cc(S(C)(=O)=O)ccc4O)O3)OC(c3cc(S(C)(=O)=O)ccc3O)O2)CC(O)CC(O)CCCC2CC(C)OC(c3cc(S(C)(=O)=O)ccc3O)O2)cc1. The summed E-state index contributed by atoms with van der Waals surface area (Å²) in [6.45, 7) is 3.81. The van der Waals surface area contributed by atoms with Crippen LogP contribution in [0.2, 0.25) is 0 Å². The Labute approximate surface area is 497 Å². The molecule has 0 aromatic heterocycles. The van der Waals surface area contributed by atoms with E-state index in [1.165, 1.54) is 66.7 Å². The monoisotopic (exact) mass is 1270 g/mol. The number of hydrogen-bond acceptors (Lipinski definition) is 22. The largest absolute Gasteiger partial charge is 0.507 e. The number of amides is 1. The highest BCUT2D eigenvalue weighted by Crippen LogP contribution is 2.41. The van der Waals surface area contributed by atoms with E-state index in [1.807, 2.05) is 11.6 Å². The second-order valence-electron chi connectivity index (χ2n) is 22.5. The zero-order chi connectivity index (χ0) is 62.0. The molecule has 85 heavy (non-hydrogen) atoms. The minimum atomic E-state index is -4.38. The smallest absolute Gasteiger partial charge is 0.421 e. The number of rotatable bonds is 27. The minimum absolute atomic E-state index is 0.0138. The van der Waals surface area contributed by atoms with Crippen LogP contribution in [0.1, 0.15) is 144 Å². The number of aliphatic hydroxyl groups excluding tert-OH is 3. The van der Waals surface area contributed by atoms with Gasteiger partial charge >= 0.3 is 6.09 Å². The van der Waals surface area contributed by atoms with Gasteiger partial charge in [0, 0.05) is 31.6 Å². The number of carbonyl (C=O) groups is 1. The number of aliphatic hydroxyl groups is 3. The highest BCUT2D eigenvalue weighted by atomic mass is 32.2. The molecule has 3 heterocycles. The van der Waals surface area contributed by atoms with Gasteiger partial charge in [0.2, 0.25) is 0 Å². The fourth-order valence-corrected chi connectivity index (χ4v) is 13.4. The summed E-state index contributed by atoms with van der Waals surface area (Å²) in [5.74, 6) is -0.694. The van der Waals surface area contributed by atoms with Gasteiger partial charge in [-0.3, -0.25) is 0 Å². The third-order valence-electron chi connectivity index (χ3n) is 15.1. The first-order valence-corrected chi connectivity index (χ1v) is 35.4. The number of phenolic OH excluding ortho intramolecular Hbond substituents is 3. The van der Waals surface area contributed by atoms with Gasteiger partial charge in [-0.05, 0) is 164 Å². The van der Waals surface area contributed by atoms with E-state index in [0.29, 0.717) is 51.4 Å². The number of phenols is 3. The lowest BCUT2D eigenvalue weighted by atomic mass is 9.95. The second-order valence-corrected chi connectivity index (χ2v) is 30.2. The van der Waals surface area contributed by atoms with Crippen molar-refractivity contribution in [2.24, 2.45) is 0 Å². The molecule has 0 spiro atoms. The van der Waals surface area contributed by atoms with Crippen molar-refractivity contribution < 1.29 is 102 Å². The normalized spacial score (nSPS) is 24.0. The topological polar surface area (TPSA) is 352 Å². The molecule has 4 aromatic carbocycles. The van der Waals surface area contributed by atoms with Crippen molar-refractivity contribution in [2.75, 3.05) is 25.4 Å². The van der Waals surface area contributed by atoms with Crippen LogP contribution in [-0.4, -0.2) is 151 Å². The molecule has 3 aliphatic rings. The van der Waals surface area contributed by atoms with Crippen molar-refractivity contribution in [1.29, 1.82) is 0 Å². The summed E-state index contributed by atoms with van der Waals surface area (Å²) >= 11 is 0. The number of hydrogen-bond donors (Lipinski definition) is 7. The number of ether oxygens (including phenoxy) is 7. The lowest BCUT2D eigenvalue weighted by molar-refractivity contribution is -0.251. The molecule has 7 N–H and O–H groups in total. The molecule has 27 heteroatoms. The summed E-state index contributed by atoms with van der Waals surface area (Å²) in [6.07, 6.45) is -4.28. The van der Waals surface area contributed by atoms with Crippen molar-refractivity contribution in [1.82, 2.24) is 4.72 Å². The number of sulfonamides is 1. The average molecular weight is 1270 g/mol. The molecule has 7 rings (SSSR count). The summed E-state index contributed by atoms with van der Waals surface area (Å²) in [5.41, 5.74) is 1.15. The number of aryl methyl sites for hydroxylation is 1. The highest BCUT2D eigenvalue weighted by molar-refractivity contribution is 7.91. The fourth-order valence-electron chi connectivity index (χ4n) is 10.6. The minimum Gasteiger partial charge on any atom is -0.507 e. The Hall–Kier alpha value is -5.01. The maximum atomic E-state index is 13.4. The fraction of sp³-hybridized carbons (Fsp3) is 0.569. The molecule has 0 aliphatic carbocycles. The molecule has 23 nitrogen and oxygen atoms in total. The van der Waals surface area contributed by atoms with Crippen molar-refractivity contribution in [3.63, 3.8) is 0 Å². The number of benzene rings is 4. The van der Waals surface area contributed by atoms with Crippen LogP contribution in [0.4, 0.5) is 4.79 Å². The van der Waals surface area contributed by atoms with E-state index in [0.717, 1.165) is 24.3 Å². The molecule has 3 fully saturated rings. The second kappa shape index (κ2) is 29.3. The average Bonchev–Trinajstić information content (AvgIpc) is 2.46. The van der Waals surface area contributed by atoms with Gasteiger partial charge in [0.25, 0.3) is 10.0 Å². The third kappa shape index (κ3) is 20.0. The molecule has 0 bridgehead atoms. The molecule has 0 saturated carbocycles. The zero-order valence-electron chi connectivity index (χ0n) is 48.1. The first-order chi connectivity index (χ1) is 39.9. The van der Waals surface area contributed by atoms with Crippen LogP contribution < -0.4 is 4.72 Å². The Kier molecular flexibility index (Phi) is 23.3. The van der Waals surface area contributed by atoms with Crippen LogP contribution >= 0.6 is 0 Å². The molecule has 3 saturated heterocycles. The van der Waals surface area contributed by atoms with E-state index >= 15 is 0 Å². The van der Waals surface area contributed by atoms with Crippen LogP contribution in [0.25, 0.3) is 0 Å². The van der Waals surface area contributed by atoms with Crippen LogP contribution in [0.5, 0.6) is 17.2 Å². The van der Waals surface area contributed by atoms with Gasteiger partial charge in [-0.2, -0.15) is 0 Å². The Morgan fingerprint density at radius 2 is 0.988 bits per heavy atom. The predicted molar refractivity (Wildman–Crippen MR) is 307 cm³/mol. The van der Waals surface area contributed by atoms with Crippen molar-refractivity contribution in [3.8, 4) is 17.2 Å². The number of carbonyl (C=O) groups excluding carboxylic acids is 1. The molecule has 12 unspecified atom stereocenters. The number of aromatic hydroxyl groups is 3. The van der Waals surface area contributed by atoms with E-state index in [9.17, 15) is 69.1 Å². The zero-order valence-corrected chi connectivity index (χ0v) is 51.4. The van der Waals surface area contributed by atoms with E-state index in [4.69, 9.17) is 33.2 Å². The van der Waals surface area contributed by atoms with E-state index < -0.39 is 107 Å². The number of sulfone groups is 3. The summed E-state index contributed by atoms with van der Waals surface area (Å²) in [5, 5.41) is 65.9. The summed E-state index contributed by atoms with van der Waals surface area (Å²) < 4.78 is 145. The molecule has 472 valence electrons. The van der Waals surface area contributed by atoms with Crippen LogP contribution in [0.15, 0.2) is 98.4 Å². The van der Waals surface area contributed by atoms with Crippen molar-refractivity contribution in [3.05, 3.63) is 101 Å². The van der Waals surface area contributed by atoms with E-state index in [-0.39, 0.29) is 117 Å². The first-order valence-electron chi connectivity index (χ1n) is 28.2. The van der Waals surface area contributed by atoms with Crippen LogP contribution in [-0.2, 0) is 72.7 Å². The van der Waals surface area contributed by atoms with Crippen LogP contribution in [0, 0.1) is 6.92 Å². The van der Waals surface area contributed by atoms with Gasteiger partial charge < -0.3 is 63.8 Å². The van der Waals surface area contributed by atoms with Crippen molar-refractivity contribution in [2.45, 2.75) is 204 Å². The van der Waals surface area contributed by atoms with Gasteiger partial charge in [0.1, 0.15) is 23.4 Å². The summed E-state index contributed by atoms with van der Waals surface area (Å²) in [6, 6.07) is 17.2. The molecule has 4 aromatic rings. The highest BCUT2D eigenvalue weighted by Gasteiger charge is 2.36. The predicted octanol–water partition coefficient (Wildman–Crippen LogP) is 7.14. The van der Waals surface area contributed by atoms with Gasteiger partial charge in [-0.25, -0.2) is 43.2 Å². The standard InChI is InChI=1S/C58H79NO22S4/c1-35-15-17-45(18-16-35)85(73,74)59-58(66)81-41(30-39(62)28-37(60)9-6-11-40-27-36(2)76-56(78-40)50-33-47(83(4,69)70)20-23-53(50)64)13-8-14-43-31-42(79-57(80-43)51-34-48(84(5,71)72)21-24-54(51)65)12-7-10-38(61)29-44-25-26-75-55(77-44)49-32-46(82(3,67)68)19-22-52(49)63/h15-24,32-34,36-44,55-57,60-65H,6-14,25-31H2,1-5H3,(H,59,66). The van der Waals surface area contributed by atoms with Crippen molar-refractivity contribution >= 4 is 45.6 Å².